The number of fused-ring (bicyclic) bond motifs is 2. The van der Waals surface area contributed by atoms with Gasteiger partial charge in [-0.15, -0.1) is 23.5 Å². The molecule has 2 aliphatic heterocycles. The van der Waals surface area contributed by atoms with E-state index in [1.54, 1.807) is 0 Å². The van der Waals surface area contributed by atoms with E-state index in [0.717, 1.165) is 5.02 Å². The number of nitrogens with one attached hydrogen (secondary N) is 2. The Labute approximate surface area is 243 Å². The van der Waals surface area contributed by atoms with Gasteiger partial charge in [-0.25, -0.2) is 0 Å². The molecule has 0 fully saturated rings. The summed E-state index contributed by atoms with van der Waals surface area (Å²) in [7, 11) is 0. The van der Waals surface area contributed by atoms with Crippen molar-refractivity contribution in [1.29, 1.82) is 0 Å². The molecule has 2 aliphatic rings. The zero-order valence-corrected chi connectivity index (χ0v) is 25.9. The molecule has 0 saturated carbocycles. The molecule has 0 spiro atoms. The lowest BCUT2D eigenvalue weighted by Gasteiger charge is -2.41. The van der Waals surface area contributed by atoms with Crippen LogP contribution in [-0.4, -0.2) is 21.6 Å². The highest BCUT2D eigenvalue weighted by molar-refractivity contribution is 8.00. The molecule has 0 aromatic heterocycles. The molecule has 2 nitrogen and oxygen atoms in total. The normalized spacial score (nSPS) is 22.0. The van der Waals surface area contributed by atoms with Crippen LogP contribution in [0.5, 0.6) is 0 Å². The maximum Gasteiger partial charge on any atom is 0.0483 e. The van der Waals surface area contributed by atoms with Crippen molar-refractivity contribution in [3.63, 3.8) is 0 Å². The molecular formula is C33H41ClN2S2. The Kier molecular flexibility index (Phi) is 8.06. The van der Waals surface area contributed by atoms with Gasteiger partial charge in [-0.3, -0.25) is 0 Å². The van der Waals surface area contributed by atoms with Crippen LogP contribution in [0.2, 0.25) is 5.02 Å². The molecule has 3 aromatic rings. The first kappa shape index (κ1) is 27.8. The van der Waals surface area contributed by atoms with Crippen LogP contribution in [0.25, 0.3) is 0 Å². The minimum absolute atomic E-state index is 0.0797. The molecule has 5 rings (SSSR count). The number of anilines is 2. The lowest BCUT2D eigenvalue weighted by molar-refractivity contribution is 0.502. The van der Waals surface area contributed by atoms with Crippen molar-refractivity contribution in [3.8, 4) is 0 Å². The van der Waals surface area contributed by atoms with Crippen LogP contribution in [0, 0.1) is 0 Å². The molecule has 3 aromatic carbocycles. The highest BCUT2D eigenvalue weighted by Crippen LogP contribution is 2.48. The Bertz CT molecular complexity index is 1210. The lowest BCUT2D eigenvalue weighted by atomic mass is 9.84. The summed E-state index contributed by atoms with van der Waals surface area (Å²) in [6.07, 6.45) is 4.81. The standard InChI is InChI=1S/C33H41ClN2S2/c1-7-9-29-32(3,4)35-25-17-13-22(19-27(25)37-29)31(21-11-15-24(34)16-12-21)23-14-18-26-28(20-23)38-30(10-8-2)33(5,6)36-26/h11-20,29-31,35-36H,7-10H2,1-6H3. The van der Waals surface area contributed by atoms with Crippen molar-refractivity contribution in [2.75, 3.05) is 10.6 Å². The average Bonchev–Trinajstić information content (AvgIpc) is 2.86. The zero-order chi connectivity index (χ0) is 27.1. The summed E-state index contributed by atoms with van der Waals surface area (Å²) >= 11 is 10.4. The Morgan fingerprint density at radius 1 is 0.684 bits per heavy atom. The fourth-order valence-corrected chi connectivity index (χ4v) is 8.94. The largest absolute Gasteiger partial charge is 0.378 e. The Hall–Kier alpha value is -1.75. The van der Waals surface area contributed by atoms with Crippen LogP contribution in [-0.2, 0) is 0 Å². The van der Waals surface area contributed by atoms with E-state index in [1.165, 1.54) is 63.5 Å². The molecule has 0 aliphatic carbocycles. The summed E-state index contributed by atoms with van der Waals surface area (Å²) in [6, 6.07) is 22.5. The molecule has 5 heteroatoms. The zero-order valence-electron chi connectivity index (χ0n) is 23.5. The first-order chi connectivity index (χ1) is 18.1. The van der Waals surface area contributed by atoms with Crippen LogP contribution < -0.4 is 10.6 Å². The van der Waals surface area contributed by atoms with Gasteiger partial charge in [-0.05, 0) is 93.6 Å². The molecule has 202 valence electrons. The predicted octanol–water partition coefficient (Wildman–Crippen LogP) is 10.4. The third-order valence-electron chi connectivity index (χ3n) is 8.05. The Balaban J connectivity index is 1.57. The van der Waals surface area contributed by atoms with Crippen LogP contribution in [0.4, 0.5) is 11.4 Å². The SMILES string of the molecule is CCCC1Sc2cc(C(c3ccc(Cl)cc3)c3ccc4c(c3)SC(CCC)C(C)(C)N4)ccc2NC1(C)C. The van der Waals surface area contributed by atoms with Gasteiger partial charge in [0, 0.05) is 53.7 Å². The van der Waals surface area contributed by atoms with E-state index in [9.17, 15) is 0 Å². The van der Waals surface area contributed by atoms with Crippen molar-refractivity contribution in [3.05, 3.63) is 82.4 Å². The van der Waals surface area contributed by atoms with Crippen molar-refractivity contribution in [1.82, 2.24) is 0 Å². The highest BCUT2D eigenvalue weighted by Gasteiger charge is 2.36. The second-order valence-electron chi connectivity index (χ2n) is 12.0. The van der Waals surface area contributed by atoms with E-state index in [2.05, 4.69) is 101 Å². The smallest absolute Gasteiger partial charge is 0.0483 e. The fourth-order valence-electron chi connectivity index (χ4n) is 5.89. The van der Waals surface area contributed by atoms with E-state index in [4.69, 9.17) is 11.6 Å². The predicted molar refractivity (Wildman–Crippen MR) is 170 cm³/mol. The van der Waals surface area contributed by atoms with Crippen LogP contribution in [0.3, 0.4) is 0 Å². The molecular weight excluding hydrogens is 524 g/mol. The Morgan fingerprint density at radius 2 is 1.11 bits per heavy atom. The van der Waals surface area contributed by atoms with Gasteiger partial charge in [0.05, 0.1) is 0 Å². The fraction of sp³-hybridized carbons (Fsp3) is 0.455. The second kappa shape index (κ2) is 11.0. The quantitative estimate of drug-likeness (QED) is 0.279. The van der Waals surface area contributed by atoms with Crippen LogP contribution >= 0.6 is 35.1 Å². The van der Waals surface area contributed by atoms with Gasteiger partial charge >= 0.3 is 0 Å². The topological polar surface area (TPSA) is 24.1 Å². The summed E-state index contributed by atoms with van der Waals surface area (Å²) in [6.45, 7) is 13.9. The van der Waals surface area contributed by atoms with Gasteiger partial charge in [0.25, 0.3) is 0 Å². The molecule has 0 bridgehead atoms. The van der Waals surface area contributed by atoms with Gasteiger partial charge in [0.15, 0.2) is 0 Å². The Morgan fingerprint density at radius 3 is 1.53 bits per heavy atom. The third kappa shape index (κ3) is 5.60. The van der Waals surface area contributed by atoms with E-state index in [1.807, 2.05) is 35.7 Å². The molecule has 0 saturated heterocycles. The van der Waals surface area contributed by atoms with Gasteiger partial charge in [-0.1, -0.05) is 62.6 Å². The lowest BCUT2D eigenvalue weighted by Crippen LogP contribution is -2.44. The third-order valence-corrected chi connectivity index (χ3v) is 11.7. The first-order valence-electron chi connectivity index (χ1n) is 14.0. The molecule has 38 heavy (non-hydrogen) atoms. The summed E-state index contributed by atoms with van der Waals surface area (Å²) in [5, 5.41) is 9.56. The van der Waals surface area contributed by atoms with E-state index < -0.39 is 0 Å². The molecule has 2 heterocycles. The molecule has 2 unspecified atom stereocenters. The van der Waals surface area contributed by atoms with Crippen molar-refractivity contribution in [2.24, 2.45) is 0 Å². The number of halogens is 1. The number of hydrogen-bond donors (Lipinski definition) is 2. The second-order valence-corrected chi connectivity index (χ2v) is 14.9. The van der Waals surface area contributed by atoms with Gasteiger partial charge in [0.2, 0.25) is 0 Å². The summed E-state index contributed by atoms with van der Waals surface area (Å²) in [5.74, 6) is 0.142. The molecule has 2 atom stereocenters. The van der Waals surface area contributed by atoms with Gasteiger partial charge in [0.1, 0.15) is 0 Å². The van der Waals surface area contributed by atoms with E-state index in [-0.39, 0.29) is 17.0 Å². The molecule has 2 N–H and O–H groups in total. The van der Waals surface area contributed by atoms with Crippen molar-refractivity contribution in [2.45, 2.75) is 105 Å². The minimum Gasteiger partial charge on any atom is -0.378 e. The first-order valence-corrected chi connectivity index (χ1v) is 16.2. The number of benzene rings is 3. The number of hydrogen-bond acceptors (Lipinski definition) is 4. The minimum atomic E-state index is 0.0797. The summed E-state index contributed by atoms with van der Waals surface area (Å²) in [4.78, 5) is 2.72. The van der Waals surface area contributed by atoms with Crippen molar-refractivity contribution < 1.29 is 0 Å². The van der Waals surface area contributed by atoms with E-state index >= 15 is 0 Å². The molecule has 0 amide bonds. The van der Waals surface area contributed by atoms with Gasteiger partial charge in [-0.2, -0.15) is 0 Å². The average molecular weight is 565 g/mol. The monoisotopic (exact) mass is 564 g/mol. The van der Waals surface area contributed by atoms with Crippen LogP contribution in [0.15, 0.2) is 70.5 Å². The van der Waals surface area contributed by atoms with E-state index in [0.29, 0.717) is 10.5 Å². The molecule has 0 radical (unpaired) electrons. The number of thioether (sulfide) groups is 2. The summed E-state index contributed by atoms with van der Waals surface area (Å²) in [5.41, 5.74) is 6.59. The number of rotatable bonds is 7. The maximum absolute atomic E-state index is 6.32. The van der Waals surface area contributed by atoms with Crippen molar-refractivity contribution >= 4 is 46.5 Å². The summed E-state index contributed by atoms with van der Waals surface area (Å²) < 4.78 is 0. The van der Waals surface area contributed by atoms with Gasteiger partial charge < -0.3 is 10.6 Å². The maximum atomic E-state index is 6.32. The highest BCUT2D eigenvalue weighted by atomic mass is 35.5. The van der Waals surface area contributed by atoms with Crippen LogP contribution in [0.1, 0.15) is 89.8 Å².